The molecule has 3 aromatic rings. The maximum atomic E-state index is 13.6. The summed E-state index contributed by atoms with van der Waals surface area (Å²) >= 11 is 0. The molecule has 140 valence electrons. The predicted molar refractivity (Wildman–Crippen MR) is 108 cm³/mol. The number of hydrogen-bond donors (Lipinski definition) is 0. The maximum Gasteiger partial charge on any atom is 0.255 e. The van der Waals surface area contributed by atoms with E-state index in [0.717, 1.165) is 46.1 Å². The van der Waals surface area contributed by atoms with Crippen molar-refractivity contribution in [3.8, 4) is 11.3 Å². The van der Waals surface area contributed by atoms with E-state index >= 15 is 0 Å². The molecule has 27 heavy (non-hydrogen) atoms. The zero-order valence-electron chi connectivity index (χ0n) is 16.4. The zero-order chi connectivity index (χ0) is 19.1. The van der Waals surface area contributed by atoms with E-state index in [1.54, 1.807) is 10.9 Å². The van der Waals surface area contributed by atoms with Gasteiger partial charge in [0.15, 0.2) is 0 Å². The summed E-state index contributed by atoms with van der Waals surface area (Å²) in [6.45, 7) is 6.36. The van der Waals surface area contributed by atoms with Crippen LogP contribution in [-0.2, 0) is 7.05 Å². The van der Waals surface area contributed by atoms with E-state index in [4.69, 9.17) is 4.98 Å². The maximum absolute atomic E-state index is 13.6. The van der Waals surface area contributed by atoms with Crippen molar-refractivity contribution >= 4 is 16.8 Å². The average molecular weight is 362 g/mol. The van der Waals surface area contributed by atoms with Crippen LogP contribution in [0.5, 0.6) is 0 Å². The summed E-state index contributed by atoms with van der Waals surface area (Å²) in [5, 5.41) is 5.18. The lowest BCUT2D eigenvalue weighted by atomic mass is 9.95. The molecule has 0 bridgehead atoms. The summed E-state index contributed by atoms with van der Waals surface area (Å²) in [7, 11) is 1.89. The molecule has 1 aliphatic heterocycles. The molecule has 0 spiro atoms. The van der Waals surface area contributed by atoms with Gasteiger partial charge in [0.25, 0.3) is 5.91 Å². The van der Waals surface area contributed by atoms with Gasteiger partial charge in [0.1, 0.15) is 0 Å². The van der Waals surface area contributed by atoms with Crippen molar-refractivity contribution in [1.29, 1.82) is 0 Å². The summed E-state index contributed by atoms with van der Waals surface area (Å²) in [6.07, 6.45) is 7.04. The van der Waals surface area contributed by atoms with Crippen molar-refractivity contribution in [2.45, 2.75) is 52.1 Å². The van der Waals surface area contributed by atoms with Gasteiger partial charge in [-0.05, 0) is 57.7 Å². The SMILES string of the molecule is Cc1ccc2c(C(=O)N3[C@H](C)CCC[C@@H]3C)cc(-c3cnn(C)c3)nc2c1. The summed E-state index contributed by atoms with van der Waals surface area (Å²) in [6, 6.07) is 8.58. The van der Waals surface area contributed by atoms with Crippen LogP contribution in [0.3, 0.4) is 0 Å². The first kappa shape index (κ1) is 17.7. The fraction of sp³-hybridized carbons (Fsp3) is 0.409. The first-order chi connectivity index (χ1) is 12.9. The molecule has 5 nitrogen and oxygen atoms in total. The lowest BCUT2D eigenvalue weighted by Gasteiger charge is -2.39. The van der Waals surface area contributed by atoms with Crippen LogP contribution in [0.1, 0.15) is 49.0 Å². The quantitative estimate of drug-likeness (QED) is 0.681. The van der Waals surface area contributed by atoms with Crippen LogP contribution >= 0.6 is 0 Å². The first-order valence-corrected chi connectivity index (χ1v) is 9.67. The van der Waals surface area contributed by atoms with E-state index in [9.17, 15) is 4.79 Å². The Labute approximate surface area is 160 Å². The zero-order valence-corrected chi connectivity index (χ0v) is 16.4. The van der Waals surface area contributed by atoms with Gasteiger partial charge in [-0.3, -0.25) is 9.48 Å². The Balaban J connectivity index is 1.88. The van der Waals surface area contributed by atoms with Crippen molar-refractivity contribution in [1.82, 2.24) is 19.7 Å². The van der Waals surface area contributed by atoms with Crippen molar-refractivity contribution in [3.05, 3.63) is 47.8 Å². The fourth-order valence-corrected chi connectivity index (χ4v) is 4.18. The molecule has 4 rings (SSSR count). The molecule has 0 radical (unpaired) electrons. The second-order valence-electron chi connectivity index (χ2n) is 7.82. The van der Waals surface area contributed by atoms with Gasteiger partial charge in [0.2, 0.25) is 0 Å². The van der Waals surface area contributed by atoms with Crippen LogP contribution in [0.2, 0.25) is 0 Å². The molecule has 0 N–H and O–H groups in total. The second-order valence-corrected chi connectivity index (χ2v) is 7.82. The number of aryl methyl sites for hydroxylation is 2. The van der Waals surface area contributed by atoms with Crippen LogP contribution in [0.15, 0.2) is 36.7 Å². The molecule has 3 heterocycles. The van der Waals surface area contributed by atoms with E-state index in [1.807, 2.05) is 38.4 Å². The number of aromatic nitrogens is 3. The number of amides is 1. The number of nitrogens with zero attached hydrogens (tertiary/aromatic N) is 4. The van der Waals surface area contributed by atoms with Crippen molar-refractivity contribution < 1.29 is 4.79 Å². The van der Waals surface area contributed by atoms with E-state index in [2.05, 4.69) is 29.9 Å². The molecular weight excluding hydrogens is 336 g/mol. The largest absolute Gasteiger partial charge is 0.333 e. The molecule has 1 amide bonds. The monoisotopic (exact) mass is 362 g/mol. The van der Waals surface area contributed by atoms with Crippen molar-refractivity contribution in [2.24, 2.45) is 7.05 Å². The molecule has 2 aromatic heterocycles. The average Bonchev–Trinajstić information content (AvgIpc) is 3.06. The van der Waals surface area contributed by atoms with Gasteiger partial charge < -0.3 is 4.90 Å². The Morgan fingerprint density at radius 3 is 2.56 bits per heavy atom. The number of hydrogen-bond acceptors (Lipinski definition) is 3. The molecule has 5 heteroatoms. The highest BCUT2D eigenvalue weighted by molar-refractivity contribution is 6.07. The number of piperidine rings is 1. The van der Waals surface area contributed by atoms with Gasteiger partial charge in [0, 0.05) is 36.3 Å². The van der Waals surface area contributed by atoms with Crippen LogP contribution in [0.4, 0.5) is 0 Å². The lowest BCUT2D eigenvalue weighted by Crippen LogP contribution is -2.47. The summed E-state index contributed by atoms with van der Waals surface area (Å²) in [4.78, 5) is 20.5. The minimum atomic E-state index is 0.107. The van der Waals surface area contributed by atoms with Crippen molar-refractivity contribution in [2.75, 3.05) is 0 Å². The van der Waals surface area contributed by atoms with E-state index in [1.165, 1.54) is 6.42 Å². The molecule has 1 fully saturated rings. The smallest absolute Gasteiger partial charge is 0.255 e. The number of likely N-dealkylation sites (tertiary alicyclic amines) is 1. The lowest BCUT2D eigenvalue weighted by molar-refractivity contribution is 0.0513. The van der Waals surface area contributed by atoms with E-state index in [-0.39, 0.29) is 18.0 Å². The minimum Gasteiger partial charge on any atom is -0.333 e. The van der Waals surface area contributed by atoms with Crippen LogP contribution < -0.4 is 0 Å². The molecular formula is C22H26N4O. The summed E-state index contributed by atoms with van der Waals surface area (Å²) in [5.41, 5.74) is 4.45. The molecule has 1 aromatic carbocycles. The third-order valence-corrected chi connectivity index (χ3v) is 5.62. The van der Waals surface area contributed by atoms with Gasteiger partial charge in [-0.15, -0.1) is 0 Å². The van der Waals surface area contributed by atoms with Gasteiger partial charge in [0.05, 0.1) is 23.0 Å². The highest BCUT2D eigenvalue weighted by Gasteiger charge is 2.31. The Hall–Kier alpha value is -2.69. The van der Waals surface area contributed by atoms with Gasteiger partial charge >= 0.3 is 0 Å². The molecule has 0 unspecified atom stereocenters. The number of pyridine rings is 1. The van der Waals surface area contributed by atoms with Crippen molar-refractivity contribution in [3.63, 3.8) is 0 Å². The summed E-state index contributed by atoms with van der Waals surface area (Å²) in [5.74, 6) is 0.107. The Kier molecular flexibility index (Phi) is 4.46. The number of fused-ring (bicyclic) bond motifs is 1. The second kappa shape index (κ2) is 6.80. The third-order valence-electron chi connectivity index (χ3n) is 5.62. The van der Waals surface area contributed by atoms with Gasteiger partial charge in [-0.1, -0.05) is 12.1 Å². The van der Waals surface area contributed by atoms with Crippen LogP contribution in [0, 0.1) is 6.92 Å². The number of carbonyl (C=O) groups is 1. The third kappa shape index (κ3) is 3.22. The van der Waals surface area contributed by atoms with E-state index < -0.39 is 0 Å². The Morgan fingerprint density at radius 2 is 1.89 bits per heavy atom. The Morgan fingerprint density at radius 1 is 1.15 bits per heavy atom. The van der Waals surface area contributed by atoms with E-state index in [0.29, 0.717) is 0 Å². The predicted octanol–water partition coefficient (Wildman–Crippen LogP) is 4.35. The van der Waals surface area contributed by atoms with Crippen LogP contribution in [-0.4, -0.2) is 37.7 Å². The number of benzene rings is 1. The standard InChI is InChI=1S/C22H26N4O/c1-14-8-9-18-19(22(27)26-15(2)6-5-7-16(26)3)11-20(24-21(18)10-14)17-12-23-25(4)13-17/h8-13,15-16H,5-7H2,1-4H3/t15-,16+. The Bertz CT molecular complexity index is 997. The molecule has 2 atom stereocenters. The first-order valence-electron chi connectivity index (χ1n) is 9.67. The molecule has 1 saturated heterocycles. The summed E-state index contributed by atoms with van der Waals surface area (Å²) < 4.78 is 1.76. The van der Waals surface area contributed by atoms with Crippen LogP contribution in [0.25, 0.3) is 22.2 Å². The van der Waals surface area contributed by atoms with Gasteiger partial charge in [-0.2, -0.15) is 5.10 Å². The van der Waals surface area contributed by atoms with Gasteiger partial charge in [-0.25, -0.2) is 4.98 Å². The normalized spacial score (nSPS) is 20.2. The topological polar surface area (TPSA) is 51.0 Å². The number of rotatable bonds is 2. The molecule has 0 aliphatic carbocycles. The molecule has 0 saturated carbocycles. The number of carbonyl (C=O) groups excluding carboxylic acids is 1. The highest BCUT2D eigenvalue weighted by Crippen LogP contribution is 2.30. The molecule has 1 aliphatic rings. The minimum absolute atomic E-state index is 0.107. The fourth-order valence-electron chi connectivity index (χ4n) is 4.18. The highest BCUT2D eigenvalue weighted by atomic mass is 16.2.